The molecule has 26 heavy (non-hydrogen) atoms. The molecule has 1 N–H and O–H groups in total. The van der Waals surface area contributed by atoms with Crippen LogP contribution in [-0.4, -0.2) is 36.5 Å². The van der Waals surface area contributed by atoms with Gasteiger partial charge in [-0.2, -0.15) is 0 Å². The van der Waals surface area contributed by atoms with Gasteiger partial charge in [-0.1, -0.05) is 42.5 Å². The molecule has 1 saturated heterocycles. The van der Waals surface area contributed by atoms with E-state index < -0.39 is 0 Å². The summed E-state index contributed by atoms with van der Waals surface area (Å²) in [6.07, 6.45) is 3.09. The monoisotopic (exact) mass is 354 g/mol. The zero-order valence-corrected chi connectivity index (χ0v) is 15.3. The van der Waals surface area contributed by atoms with Crippen molar-refractivity contribution in [3.8, 4) is 0 Å². The summed E-state index contributed by atoms with van der Waals surface area (Å²) >= 11 is 0. The van der Waals surface area contributed by atoms with E-state index in [1.807, 2.05) is 30.3 Å². The molecule has 1 aliphatic rings. The van der Waals surface area contributed by atoms with E-state index in [1.54, 1.807) is 12.1 Å². The zero-order chi connectivity index (χ0) is 18.4. The molecule has 1 aliphatic heterocycles. The quantitative estimate of drug-likeness (QED) is 0.821. The summed E-state index contributed by atoms with van der Waals surface area (Å²) in [5.74, 6) is -0.592. The molecule has 1 amide bonds. The van der Waals surface area contributed by atoms with Gasteiger partial charge in [0.1, 0.15) is 5.82 Å². The molecule has 3 nitrogen and oxygen atoms in total. The first-order valence-corrected chi connectivity index (χ1v) is 9.44. The number of nitrogens with zero attached hydrogens (tertiary/aromatic N) is 1. The van der Waals surface area contributed by atoms with Gasteiger partial charge < -0.3 is 5.32 Å². The number of rotatable bonds is 7. The van der Waals surface area contributed by atoms with Gasteiger partial charge in [-0.3, -0.25) is 9.69 Å². The summed E-state index contributed by atoms with van der Waals surface area (Å²) < 4.78 is 13.3. The molecule has 0 spiro atoms. The fourth-order valence-electron chi connectivity index (χ4n) is 3.59. The van der Waals surface area contributed by atoms with Crippen LogP contribution in [0.5, 0.6) is 0 Å². The zero-order valence-electron chi connectivity index (χ0n) is 15.3. The summed E-state index contributed by atoms with van der Waals surface area (Å²) in [4.78, 5) is 15.3. The van der Waals surface area contributed by atoms with Crippen LogP contribution in [0.15, 0.2) is 54.6 Å². The molecule has 0 bridgehead atoms. The third-order valence-corrected chi connectivity index (χ3v) is 5.21. The summed E-state index contributed by atoms with van der Waals surface area (Å²) in [6.45, 7) is 5.03. The molecule has 138 valence electrons. The van der Waals surface area contributed by atoms with Gasteiger partial charge in [0.25, 0.3) is 0 Å². The van der Waals surface area contributed by atoms with E-state index in [0.717, 1.165) is 24.2 Å². The highest BCUT2D eigenvalue weighted by atomic mass is 19.1. The lowest BCUT2D eigenvalue weighted by Gasteiger charge is -2.25. The lowest BCUT2D eigenvalue weighted by Crippen LogP contribution is -2.42. The average Bonchev–Trinajstić information content (AvgIpc) is 3.20. The van der Waals surface area contributed by atoms with Gasteiger partial charge in [-0.15, -0.1) is 0 Å². The van der Waals surface area contributed by atoms with Gasteiger partial charge in [-0.25, -0.2) is 4.39 Å². The fraction of sp³-hybridized carbons (Fsp3) is 0.409. The van der Waals surface area contributed by atoms with Gasteiger partial charge in [0.05, 0.1) is 5.92 Å². The van der Waals surface area contributed by atoms with Gasteiger partial charge in [0.2, 0.25) is 5.91 Å². The van der Waals surface area contributed by atoms with Crippen molar-refractivity contribution in [1.82, 2.24) is 10.2 Å². The Morgan fingerprint density at radius 3 is 2.38 bits per heavy atom. The van der Waals surface area contributed by atoms with Crippen LogP contribution in [0.25, 0.3) is 0 Å². The molecule has 2 aromatic carbocycles. The fourth-order valence-corrected chi connectivity index (χ4v) is 3.59. The molecular weight excluding hydrogens is 327 g/mol. The van der Waals surface area contributed by atoms with Crippen LogP contribution in [0, 0.1) is 5.82 Å². The van der Waals surface area contributed by atoms with Crippen molar-refractivity contribution in [3.63, 3.8) is 0 Å². The second-order valence-corrected chi connectivity index (χ2v) is 7.13. The normalized spacial score (nSPS) is 17.0. The maximum atomic E-state index is 13.3. The molecule has 3 rings (SSSR count). The Bertz CT molecular complexity index is 696. The molecule has 4 heteroatoms. The van der Waals surface area contributed by atoms with E-state index in [-0.39, 0.29) is 17.6 Å². The van der Waals surface area contributed by atoms with Crippen molar-refractivity contribution in [2.75, 3.05) is 19.6 Å². The van der Waals surface area contributed by atoms with Crippen molar-refractivity contribution in [2.45, 2.75) is 38.1 Å². The van der Waals surface area contributed by atoms with Crippen molar-refractivity contribution >= 4 is 5.91 Å². The lowest BCUT2D eigenvalue weighted by atomic mass is 9.91. The van der Waals surface area contributed by atoms with Gasteiger partial charge in [0, 0.05) is 12.6 Å². The number of likely N-dealkylation sites (tertiary alicyclic amines) is 1. The minimum atomic E-state index is -0.316. The van der Waals surface area contributed by atoms with Crippen molar-refractivity contribution in [1.29, 1.82) is 0 Å². The number of benzene rings is 2. The molecule has 0 radical (unpaired) electrons. The smallest absolute Gasteiger partial charge is 0.227 e. The lowest BCUT2D eigenvalue weighted by molar-refractivity contribution is -0.122. The van der Waals surface area contributed by atoms with E-state index in [2.05, 4.69) is 17.1 Å². The van der Waals surface area contributed by atoms with E-state index in [0.29, 0.717) is 19.0 Å². The number of carbonyl (C=O) groups excluding carboxylic acids is 1. The molecule has 2 unspecified atom stereocenters. The second-order valence-electron chi connectivity index (χ2n) is 7.13. The van der Waals surface area contributed by atoms with Crippen LogP contribution >= 0.6 is 0 Å². The van der Waals surface area contributed by atoms with E-state index in [1.165, 1.54) is 25.0 Å². The van der Waals surface area contributed by atoms with Crippen LogP contribution in [-0.2, 0) is 11.2 Å². The second kappa shape index (κ2) is 8.95. The van der Waals surface area contributed by atoms with Gasteiger partial charge in [-0.05, 0) is 62.5 Å². The first kappa shape index (κ1) is 18.6. The van der Waals surface area contributed by atoms with Crippen molar-refractivity contribution in [2.24, 2.45) is 0 Å². The topological polar surface area (TPSA) is 32.3 Å². The number of nitrogens with one attached hydrogen (secondary N) is 1. The molecule has 0 aliphatic carbocycles. The van der Waals surface area contributed by atoms with Gasteiger partial charge >= 0.3 is 0 Å². The molecule has 1 fully saturated rings. The Kier molecular flexibility index (Phi) is 6.40. The first-order chi connectivity index (χ1) is 12.6. The predicted octanol–water partition coefficient (Wildman–Crippen LogP) is 3.75. The third kappa shape index (κ3) is 4.92. The SMILES string of the molecule is CC(CNC(=O)C(Cc1ccccc1)c1ccc(F)cc1)N1CCCC1. The Morgan fingerprint density at radius 1 is 1.08 bits per heavy atom. The maximum absolute atomic E-state index is 13.3. The summed E-state index contributed by atoms with van der Waals surface area (Å²) in [7, 11) is 0. The Labute approximate surface area is 155 Å². The number of hydrogen-bond donors (Lipinski definition) is 1. The molecule has 2 aromatic rings. The highest BCUT2D eigenvalue weighted by Crippen LogP contribution is 2.22. The molecular formula is C22H27FN2O. The molecule has 2 atom stereocenters. The Morgan fingerprint density at radius 2 is 1.73 bits per heavy atom. The van der Waals surface area contributed by atoms with E-state index in [9.17, 15) is 9.18 Å². The largest absolute Gasteiger partial charge is 0.354 e. The standard InChI is InChI=1S/C22H27FN2O/c1-17(25-13-5-6-14-25)16-24-22(26)21(15-18-7-3-2-4-8-18)19-9-11-20(23)12-10-19/h2-4,7-12,17,21H,5-6,13-16H2,1H3,(H,24,26). The highest BCUT2D eigenvalue weighted by Gasteiger charge is 2.23. The number of carbonyl (C=O) groups is 1. The minimum Gasteiger partial charge on any atom is -0.354 e. The predicted molar refractivity (Wildman–Crippen MR) is 103 cm³/mol. The molecule has 0 saturated carbocycles. The van der Waals surface area contributed by atoms with E-state index in [4.69, 9.17) is 0 Å². The van der Waals surface area contributed by atoms with Crippen molar-refractivity contribution < 1.29 is 9.18 Å². The maximum Gasteiger partial charge on any atom is 0.227 e. The summed E-state index contributed by atoms with van der Waals surface area (Å²) in [6, 6.07) is 16.6. The van der Waals surface area contributed by atoms with E-state index >= 15 is 0 Å². The first-order valence-electron chi connectivity index (χ1n) is 9.44. The van der Waals surface area contributed by atoms with Crippen molar-refractivity contribution in [3.05, 3.63) is 71.5 Å². The Balaban J connectivity index is 1.69. The minimum absolute atomic E-state index is 0.00603. The van der Waals surface area contributed by atoms with Crippen LogP contribution in [0.2, 0.25) is 0 Å². The average molecular weight is 354 g/mol. The summed E-state index contributed by atoms with van der Waals surface area (Å²) in [5, 5.41) is 3.12. The molecule has 1 heterocycles. The number of halogens is 1. The van der Waals surface area contributed by atoms with Crippen LogP contribution in [0.4, 0.5) is 4.39 Å². The van der Waals surface area contributed by atoms with Crippen LogP contribution < -0.4 is 5.32 Å². The van der Waals surface area contributed by atoms with Crippen LogP contribution in [0.3, 0.4) is 0 Å². The number of hydrogen-bond acceptors (Lipinski definition) is 2. The van der Waals surface area contributed by atoms with Gasteiger partial charge in [0.15, 0.2) is 0 Å². The Hall–Kier alpha value is -2.20. The third-order valence-electron chi connectivity index (χ3n) is 5.21. The highest BCUT2D eigenvalue weighted by molar-refractivity contribution is 5.84. The van der Waals surface area contributed by atoms with Crippen LogP contribution in [0.1, 0.15) is 36.8 Å². The molecule has 0 aromatic heterocycles. The summed E-state index contributed by atoms with van der Waals surface area (Å²) in [5.41, 5.74) is 1.95. The number of amides is 1.